The fourth-order valence-electron chi connectivity index (χ4n) is 3.17. The van der Waals surface area contributed by atoms with Gasteiger partial charge in [-0.3, -0.25) is 4.79 Å². The number of methoxy groups -OCH3 is 1. The monoisotopic (exact) mass is 373 g/mol. The van der Waals surface area contributed by atoms with Gasteiger partial charge in [0.05, 0.1) is 30.4 Å². The highest BCUT2D eigenvalue weighted by Gasteiger charge is 2.14. The van der Waals surface area contributed by atoms with Crippen molar-refractivity contribution >= 4 is 16.7 Å². The Morgan fingerprint density at radius 3 is 2.79 bits per heavy atom. The van der Waals surface area contributed by atoms with Gasteiger partial charge in [-0.1, -0.05) is 24.3 Å². The molecule has 0 saturated heterocycles. The number of ether oxygens (including phenoxy) is 1. The molecule has 2 N–H and O–H groups in total. The lowest BCUT2D eigenvalue weighted by Gasteiger charge is -2.16. The topological polar surface area (TPSA) is 95.9 Å². The first kappa shape index (κ1) is 17.7. The second-order valence-corrected chi connectivity index (χ2v) is 6.45. The van der Waals surface area contributed by atoms with Crippen LogP contribution >= 0.6 is 0 Å². The van der Waals surface area contributed by atoms with Crippen LogP contribution in [0.1, 0.15) is 18.5 Å². The number of nitrogens with zero attached hydrogens (tertiary/aromatic N) is 4. The molecule has 7 heteroatoms. The number of rotatable bonds is 4. The van der Waals surface area contributed by atoms with Crippen LogP contribution in [0.5, 0.6) is 5.75 Å². The number of nitrogen functional groups attached to an aromatic ring is 1. The third-order valence-corrected chi connectivity index (χ3v) is 4.73. The highest BCUT2D eigenvalue weighted by Crippen LogP contribution is 2.23. The number of benzene rings is 2. The van der Waals surface area contributed by atoms with E-state index in [9.17, 15) is 4.79 Å². The summed E-state index contributed by atoms with van der Waals surface area (Å²) in [6.45, 7) is 1.93. The van der Waals surface area contributed by atoms with Crippen LogP contribution in [0.2, 0.25) is 0 Å². The van der Waals surface area contributed by atoms with E-state index in [2.05, 4.69) is 15.1 Å². The lowest BCUT2D eigenvalue weighted by Crippen LogP contribution is -2.26. The quantitative estimate of drug-likeness (QED) is 0.591. The predicted molar refractivity (Wildman–Crippen MR) is 108 cm³/mol. The second-order valence-electron chi connectivity index (χ2n) is 6.45. The largest absolute Gasteiger partial charge is 0.497 e. The number of hydrogen-bond acceptors (Lipinski definition) is 6. The maximum Gasteiger partial charge on any atom is 0.275 e. The van der Waals surface area contributed by atoms with Crippen molar-refractivity contribution in [2.45, 2.75) is 13.0 Å². The fraction of sp³-hybridized carbons (Fsp3) is 0.143. The molecule has 4 aromatic rings. The van der Waals surface area contributed by atoms with E-state index in [0.29, 0.717) is 11.1 Å². The van der Waals surface area contributed by atoms with Gasteiger partial charge in [-0.15, -0.1) is 0 Å². The van der Waals surface area contributed by atoms with Crippen molar-refractivity contribution in [3.05, 3.63) is 76.8 Å². The second kappa shape index (κ2) is 7.11. The molecule has 0 aliphatic carbocycles. The van der Waals surface area contributed by atoms with Crippen LogP contribution < -0.4 is 16.0 Å². The molecule has 2 aromatic heterocycles. The molecule has 4 rings (SSSR count). The Morgan fingerprint density at radius 2 is 2.00 bits per heavy atom. The van der Waals surface area contributed by atoms with Crippen molar-refractivity contribution in [1.29, 1.82) is 0 Å². The van der Waals surface area contributed by atoms with Crippen LogP contribution in [-0.4, -0.2) is 26.9 Å². The molecule has 7 nitrogen and oxygen atoms in total. The molecule has 0 fully saturated rings. The van der Waals surface area contributed by atoms with Crippen molar-refractivity contribution in [3.63, 3.8) is 0 Å². The molecule has 140 valence electrons. The van der Waals surface area contributed by atoms with Gasteiger partial charge in [-0.2, -0.15) is 5.10 Å². The number of fused-ring (bicyclic) bond motifs is 1. The third-order valence-electron chi connectivity index (χ3n) is 4.73. The van der Waals surface area contributed by atoms with E-state index in [1.807, 2.05) is 49.4 Å². The average Bonchev–Trinajstić information content (AvgIpc) is 2.73. The minimum atomic E-state index is -0.245. The van der Waals surface area contributed by atoms with E-state index in [1.165, 1.54) is 4.68 Å². The van der Waals surface area contributed by atoms with Crippen LogP contribution in [0.3, 0.4) is 0 Å². The molecule has 1 atom stereocenters. The Bertz CT molecular complexity index is 1220. The van der Waals surface area contributed by atoms with Crippen LogP contribution in [-0.2, 0) is 0 Å². The summed E-state index contributed by atoms with van der Waals surface area (Å²) < 4.78 is 6.77. The summed E-state index contributed by atoms with van der Waals surface area (Å²) >= 11 is 0. The van der Waals surface area contributed by atoms with Gasteiger partial charge in [0.2, 0.25) is 5.95 Å². The normalized spacial score (nSPS) is 12.1. The molecule has 0 radical (unpaired) electrons. The summed E-state index contributed by atoms with van der Waals surface area (Å²) in [6, 6.07) is 14.7. The summed E-state index contributed by atoms with van der Waals surface area (Å²) in [4.78, 5) is 21.3. The Labute approximate surface area is 161 Å². The average molecular weight is 373 g/mol. The summed E-state index contributed by atoms with van der Waals surface area (Å²) in [5.41, 5.74) is 7.91. The molecule has 0 aliphatic rings. The molecule has 0 saturated carbocycles. The van der Waals surface area contributed by atoms with Crippen LogP contribution in [0.4, 0.5) is 5.95 Å². The van der Waals surface area contributed by atoms with Crippen molar-refractivity contribution < 1.29 is 4.74 Å². The van der Waals surface area contributed by atoms with E-state index in [1.54, 1.807) is 25.6 Å². The number of nitrogens with two attached hydrogens (primary N) is 1. The minimum absolute atomic E-state index is 0.170. The van der Waals surface area contributed by atoms with Gasteiger partial charge >= 0.3 is 0 Å². The zero-order valence-electron chi connectivity index (χ0n) is 15.5. The molecule has 2 aromatic carbocycles. The lowest BCUT2D eigenvalue weighted by atomic mass is 10.1. The summed E-state index contributed by atoms with van der Waals surface area (Å²) in [7, 11) is 1.62. The molecule has 28 heavy (non-hydrogen) atoms. The fourth-order valence-corrected chi connectivity index (χ4v) is 3.17. The van der Waals surface area contributed by atoms with E-state index >= 15 is 0 Å². The Balaban J connectivity index is 1.82. The molecular weight excluding hydrogens is 354 g/mol. The van der Waals surface area contributed by atoms with Gasteiger partial charge in [0.25, 0.3) is 5.56 Å². The van der Waals surface area contributed by atoms with Crippen LogP contribution in [0.15, 0.2) is 65.7 Å². The predicted octanol–water partition coefficient (Wildman–Crippen LogP) is 3.05. The smallest absolute Gasteiger partial charge is 0.275 e. The number of hydrogen-bond donors (Lipinski definition) is 1. The van der Waals surface area contributed by atoms with Crippen molar-refractivity contribution in [1.82, 2.24) is 19.7 Å². The first-order chi connectivity index (χ1) is 13.6. The van der Waals surface area contributed by atoms with Crippen LogP contribution in [0.25, 0.3) is 22.0 Å². The van der Waals surface area contributed by atoms with Crippen LogP contribution in [0, 0.1) is 0 Å². The van der Waals surface area contributed by atoms with Crippen molar-refractivity contribution in [3.8, 4) is 17.0 Å². The highest BCUT2D eigenvalue weighted by molar-refractivity contribution is 5.85. The zero-order valence-corrected chi connectivity index (χ0v) is 15.5. The molecule has 0 aliphatic heterocycles. The van der Waals surface area contributed by atoms with E-state index < -0.39 is 0 Å². The maximum atomic E-state index is 13.2. The van der Waals surface area contributed by atoms with Gasteiger partial charge in [0.15, 0.2) is 0 Å². The zero-order chi connectivity index (χ0) is 19.7. The minimum Gasteiger partial charge on any atom is -0.497 e. The van der Waals surface area contributed by atoms with Gasteiger partial charge in [-0.25, -0.2) is 14.6 Å². The first-order valence-corrected chi connectivity index (χ1v) is 8.81. The highest BCUT2D eigenvalue weighted by atomic mass is 16.5. The SMILES string of the molecule is COc1cccc([C@@H](C)n2ncc3ccc(-c4ccnc(N)n4)cc3c2=O)c1. The Kier molecular flexibility index (Phi) is 4.49. The molecular formula is C21H19N5O2. The van der Waals surface area contributed by atoms with Gasteiger partial charge in [0, 0.05) is 17.1 Å². The van der Waals surface area contributed by atoms with Crippen molar-refractivity contribution in [2.75, 3.05) is 12.8 Å². The Hall–Kier alpha value is -3.74. The van der Waals surface area contributed by atoms with Crippen molar-refractivity contribution in [2.24, 2.45) is 0 Å². The molecule has 0 unspecified atom stereocenters. The van der Waals surface area contributed by atoms with Gasteiger partial charge in [-0.05, 0) is 36.8 Å². The van der Waals surface area contributed by atoms with Gasteiger partial charge < -0.3 is 10.5 Å². The summed E-state index contributed by atoms with van der Waals surface area (Å²) in [5.74, 6) is 0.929. The molecule has 2 heterocycles. The number of anilines is 1. The van der Waals surface area contributed by atoms with Gasteiger partial charge in [0.1, 0.15) is 5.75 Å². The van der Waals surface area contributed by atoms with E-state index in [0.717, 1.165) is 22.3 Å². The van der Waals surface area contributed by atoms with E-state index in [-0.39, 0.29) is 17.5 Å². The first-order valence-electron chi connectivity index (χ1n) is 8.81. The summed E-state index contributed by atoms with van der Waals surface area (Å²) in [6.07, 6.45) is 3.29. The lowest BCUT2D eigenvalue weighted by molar-refractivity contribution is 0.413. The third kappa shape index (κ3) is 3.18. The standard InChI is InChI=1S/C21H19N5O2/c1-13(14-4-3-5-17(10-14)28-2)26-20(27)18-11-15(6-7-16(18)12-24-26)19-8-9-23-21(22)25-19/h3-13H,1-2H3,(H2,22,23,25)/t13-/m1/s1. The summed E-state index contributed by atoms with van der Waals surface area (Å²) in [5, 5.41) is 5.71. The van der Waals surface area contributed by atoms with E-state index in [4.69, 9.17) is 10.5 Å². The molecule has 0 amide bonds. The maximum absolute atomic E-state index is 13.2. The molecule has 0 bridgehead atoms. The number of aromatic nitrogens is 4. The molecule has 0 spiro atoms. The Morgan fingerprint density at radius 1 is 1.14 bits per heavy atom.